The summed E-state index contributed by atoms with van der Waals surface area (Å²) < 4.78 is 0. The van der Waals surface area contributed by atoms with Crippen LogP contribution in [0.25, 0.3) is 0 Å². The molecule has 0 unspecified atom stereocenters. The lowest BCUT2D eigenvalue weighted by molar-refractivity contribution is 0.0734. The molecule has 1 aliphatic rings. The molecule has 1 fully saturated rings. The molecule has 0 spiro atoms. The summed E-state index contributed by atoms with van der Waals surface area (Å²) in [5, 5.41) is 6.90. The van der Waals surface area contributed by atoms with E-state index >= 15 is 0 Å². The largest absolute Gasteiger partial charge is 0.336 e. The van der Waals surface area contributed by atoms with E-state index in [1.54, 1.807) is 4.90 Å². The first-order valence-corrected chi connectivity index (χ1v) is 6.33. The summed E-state index contributed by atoms with van der Waals surface area (Å²) in [4.78, 5) is 18.2. The van der Waals surface area contributed by atoms with Gasteiger partial charge in [-0.3, -0.25) is 9.89 Å². The van der Waals surface area contributed by atoms with Gasteiger partial charge in [0.05, 0.1) is 0 Å². The van der Waals surface area contributed by atoms with Gasteiger partial charge in [0.25, 0.3) is 5.91 Å². The van der Waals surface area contributed by atoms with Crippen LogP contribution in [0.5, 0.6) is 0 Å². The SMILES string of the molecule is CCN(CC(C)C)C(=O)c1n[nH]c(C2CC2)n1. The predicted molar refractivity (Wildman–Crippen MR) is 64.8 cm³/mol. The van der Waals surface area contributed by atoms with Gasteiger partial charge in [-0.05, 0) is 25.7 Å². The Morgan fingerprint density at radius 3 is 2.76 bits per heavy atom. The molecule has 0 saturated heterocycles. The first-order chi connectivity index (χ1) is 8.11. The lowest BCUT2D eigenvalue weighted by Crippen LogP contribution is -2.34. The summed E-state index contributed by atoms with van der Waals surface area (Å²) >= 11 is 0. The van der Waals surface area contributed by atoms with Crippen LogP contribution in [0.4, 0.5) is 0 Å². The highest BCUT2D eigenvalue weighted by Gasteiger charge is 2.29. The van der Waals surface area contributed by atoms with E-state index in [2.05, 4.69) is 29.0 Å². The Morgan fingerprint density at radius 1 is 1.53 bits per heavy atom. The molecular formula is C12H20N4O. The molecule has 1 aliphatic carbocycles. The second kappa shape index (κ2) is 4.85. The number of aromatic nitrogens is 3. The summed E-state index contributed by atoms with van der Waals surface area (Å²) in [6, 6.07) is 0. The molecule has 5 nitrogen and oxygen atoms in total. The Kier molecular flexibility index (Phi) is 3.45. The van der Waals surface area contributed by atoms with E-state index in [4.69, 9.17) is 0 Å². The Bertz CT molecular complexity index is 395. The average molecular weight is 236 g/mol. The molecule has 1 saturated carbocycles. The van der Waals surface area contributed by atoms with Gasteiger partial charge in [-0.1, -0.05) is 13.8 Å². The molecule has 0 bridgehead atoms. The second-order valence-corrected chi connectivity index (χ2v) is 5.06. The number of hydrogen-bond donors (Lipinski definition) is 1. The van der Waals surface area contributed by atoms with Gasteiger partial charge in [0.15, 0.2) is 0 Å². The van der Waals surface area contributed by atoms with Crippen molar-refractivity contribution in [1.29, 1.82) is 0 Å². The zero-order valence-corrected chi connectivity index (χ0v) is 10.7. The Labute approximate surface area is 102 Å². The van der Waals surface area contributed by atoms with Crippen LogP contribution >= 0.6 is 0 Å². The van der Waals surface area contributed by atoms with E-state index in [1.807, 2.05) is 6.92 Å². The molecule has 1 amide bonds. The van der Waals surface area contributed by atoms with Crippen molar-refractivity contribution < 1.29 is 4.79 Å². The summed E-state index contributed by atoms with van der Waals surface area (Å²) in [5.74, 6) is 2.08. The Hall–Kier alpha value is -1.39. The van der Waals surface area contributed by atoms with E-state index in [0.717, 1.165) is 25.2 Å². The smallest absolute Gasteiger partial charge is 0.293 e. The molecular weight excluding hydrogens is 216 g/mol. The molecule has 0 aromatic carbocycles. The van der Waals surface area contributed by atoms with Gasteiger partial charge in [0.1, 0.15) is 5.82 Å². The number of carbonyl (C=O) groups is 1. The van der Waals surface area contributed by atoms with Crippen molar-refractivity contribution in [3.8, 4) is 0 Å². The lowest BCUT2D eigenvalue weighted by Gasteiger charge is -2.21. The van der Waals surface area contributed by atoms with Crippen LogP contribution in [-0.4, -0.2) is 39.1 Å². The van der Waals surface area contributed by atoms with Gasteiger partial charge in [0, 0.05) is 19.0 Å². The van der Waals surface area contributed by atoms with Crippen LogP contribution in [0.3, 0.4) is 0 Å². The van der Waals surface area contributed by atoms with Gasteiger partial charge in [-0.2, -0.15) is 0 Å². The number of nitrogens with one attached hydrogen (secondary N) is 1. The lowest BCUT2D eigenvalue weighted by atomic mass is 10.2. The third-order valence-electron chi connectivity index (χ3n) is 2.91. The molecule has 0 atom stereocenters. The molecule has 1 N–H and O–H groups in total. The fraction of sp³-hybridized carbons (Fsp3) is 0.750. The minimum atomic E-state index is -0.0654. The number of amides is 1. The maximum absolute atomic E-state index is 12.1. The van der Waals surface area contributed by atoms with Crippen LogP contribution in [0, 0.1) is 5.92 Å². The van der Waals surface area contributed by atoms with Crippen molar-refractivity contribution >= 4 is 5.91 Å². The van der Waals surface area contributed by atoms with E-state index < -0.39 is 0 Å². The molecule has 0 radical (unpaired) electrons. The quantitative estimate of drug-likeness (QED) is 0.848. The van der Waals surface area contributed by atoms with Gasteiger partial charge >= 0.3 is 0 Å². The minimum Gasteiger partial charge on any atom is -0.336 e. The highest BCUT2D eigenvalue weighted by atomic mass is 16.2. The molecule has 1 aromatic heterocycles. The van der Waals surface area contributed by atoms with Crippen LogP contribution in [0.2, 0.25) is 0 Å². The first-order valence-electron chi connectivity index (χ1n) is 6.33. The highest BCUT2D eigenvalue weighted by molar-refractivity contribution is 5.90. The van der Waals surface area contributed by atoms with Crippen LogP contribution in [-0.2, 0) is 0 Å². The topological polar surface area (TPSA) is 61.9 Å². The average Bonchev–Trinajstić information content (AvgIpc) is 3.03. The Morgan fingerprint density at radius 2 is 2.24 bits per heavy atom. The van der Waals surface area contributed by atoms with Crippen molar-refractivity contribution in [2.75, 3.05) is 13.1 Å². The monoisotopic (exact) mass is 236 g/mol. The molecule has 1 heterocycles. The maximum Gasteiger partial charge on any atom is 0.293 e. The molecule has 0 aliphatic heterocycles. The van der Waals surface area contributed by atoms with E-state index in [-0.39, 0.29) is 5.91 Å². The third kappa shape index (κ3) is 2.84. The van der Waals surface area contributed by atoms with E-state index in [0.29, 0.717) is 24.2 Å². The summed E-state index contributed by atoms with van der Waals surface area (Å²) in [6.45, 7) is 7.63. The van der Waals surface area contributed by atoms with Gasteiger partial charge < -0.3 is 4.90 Å². The molecule has 94 valence electrons. The van der Waals surface area contributed by atoms with Gasteiger partial charge in [0.2, 0.25) is 5.82 Å². The van der Waals surface area contributed by atoms with Crippen molar-refractivity contribution in [1.82, 2.24) is 20.1 Å². The predicted octanol–water partition coefficient (Wildman–Crippen LogP) is 1.80. The fourth-order valence-corrected chi connectivity index (χ4v) is 1.85. The van der Waals surface area contributed by atoms with Gasteiger partial charge in [-0.15, -0.1) is 5.10 Å². The number of H-pyrrole nitrogens is 1. The van der Waals surface area contributed by atoms with Crippen molar-refractivity contribution in [2.24, 2.45) is 5.92 Å². The van der Waals surface area contributed by atoms with E-state index in [1.165, 1.54) is 0 Å². The molecule has 1 aromatic rings. The van der Waals surface area contributed by atoms with Crippen LogP contribution < -0.4 is 0 Å². The minimum absolute atomic E-state index is 0.0654. The first kappa shape index (κ1) is 12.1. The number of hydrogen-bond acceptors (Lipinski definition) is 3. The maximum atomic E-state index is 12.1. The molecule has 17 heavy (non-hydrogen) atoms. The number of carbonyl (C=O) groups excluding carboxylic acids is 1. The zero-order chi connectivity index (χ0) is 12.4. The zero-order valence-electron chi connectivity index (χ0n) is 10.7. The number of aromatic amines is 1. The fourth-order valence-electron chi connectivity index (χ4n) is 1.85. The molecule has 5 heteroatoms. The normalized spacial score (nSPS) is 15.3. The van der Waals surface area contributed by atoms with Crippen molar-refractivity contribution in [2.45, 2.75) is 39.5 Å². The van der Waals surface area contributed by atoms with Crippen LogP contribution in [0.1, 0.15) is 56.0 Å². The van der Waals surface area contributed by atoms with Gasteiger partial charge in [-0.25, -0.2) is 4.98 Å². The summed E-state index contributed by atoms with van der Waals surface area (Å²) in [6.07, 6.45) is 2.32. The Balaban J connectivity index is 2.05. The summed E-state index contributed by atoms with van der Waals surface area (Å²) in [5.41, 5.74) is 0. The second-order valence-electron chi connectivity index (χ2n) is 5.06. The highest BCUT2D eigenvalue weighted by Crippen LogP contribution is 2.37. The van der Waals surface area contributed by atoms with Crippen molar-refractivity contribution in [3.63, 3.8) is 0 Å². The standard InChI is InChI=1S/C12H20N4O/c1-4-16(7-8(2)3)12(17)11-13-10(14-15-11)9-5-6-9/h8-9H,4-7H2,1-3H3,(H,13,14,15). The summed E-state index contributed by atoms with van der Waals surface area (Å²) in [7, 11) is 0. The van der Waals surface area contributed by atoms with E-state index in [9.17, 15) is 4.79 Å². The molecule has 2 rings (SSSR count). The third-order valence-corrected chi connectivity index (χ3v) is 2.91. The van der Waals surface area contributed by atoms with Crippen molar-refractivity contribution in [3.05, 3.63) is 11.6 Å². The number of rotatable bonds is 5. The number of nitrogens with zero attached hydrogens (tertiary/aromatic N) is 3. The van der Waals surface area contributed by atoms with Crippen LogP contribution in [0.15, 0.2) is 0 Å².